The summed E-state index contributed by atoms with van der Waals surface area (Å²) in [6, 6.07) is 5.23. The van der Waals surface area contributed by atoms with Gasteiger partial charge in [-0.15, -0.1) is 0 Å². The summed E-state index contributed by atoms with van der Waals surface area (Å²) in [6.07, 6.45) is 0. The van der Waals surface area contributed by atoms with E-state index in [1.54, 1.807) is 25.1 Å². The number of carbonyl (C=O) groups is 1. The van der Waals surface area contributed by atoms with E-state index in [4.69, 9.17) is 10.2 Å². The van der Waals surface area contributed by atoms with Gasteiger partial charge < -0.3 is 15.5 Å². The normalized spacial score (nSPS) is 12.6. The Kier molecular flexibility index (Phi) is 3.62. The summed E-state index contributed by atoms with van der Waals surface area (Å²) in [6.45, 7) is 4.90. The Bertz CT molecular complexity index is 562. The van der Waals surface area contributed by atoms with E-state index in [0.717, 1.165) is 5.52 Å². The quantitative estimate of drug-likeness (QED) is 0.857. The van der Waals surface area contributed by atoms with Crippen molar-refractivity contribution in [1.29, 1.82) is 0 Å². The van der Waals surface area contributed by atoms with E-state index in [2.05, 4.69) is 10.3 Å². The summed E-state index contributed by atoms with van der Waals surface area (Å²) < 4.78 is 5.39. The molecule has 1 unspecified atom stereocenters. The minimum atomic E-state index is -0.119. The fraction of sp³-hybridized carbons (Fsp3) is 0.385. The van der Waals surface area contributed by atoms with Crippen LogP contribution in [0.1, 0.15) is 23.2 Å². The van der Waals surface area contributed by atoms with Crippen molar-refractivity contribution >= 4 is 17.0 Å². The topological polar surface area (TPSA) is 81.2 Å². The van der Waals surface area contributed by atoms with Crippen LogP contribution in [0.4, 0.5) is 0 Å². The van der Waals surface area contributed by atoms with Gasteiger partial charge in [-0.25, -0.2) is 4.98 Å². The van der Waals surface area contributed by atoms with Gasteiger partial charge in [0.2, 0.25) is 0 Å². The maximum atomic E-state index is 11.9. The average molecular weight is 247 g/mol. The monoisotopic (exact) mass is 247 g/mol. The van der Waals surface area contributed by atoms with Crippen LogP contribution in [0, 0.1) is 12.8 Å². The Labute approximate surface area is 105 Å². The van der Waals surface area contributed by atoms with E-state index in [9.17, 15) is 4.79 Å². The Hall–Kier alpha value is -1.88. The van der Waals surface area contributed by atoms with E-state index in [1.165, 1.54) is 0 Å². The number of hydrogen-bond acceptors (Lipinski definition) is 4. The summed E-state index contributed by atoms with van der Waals surface area (Å²) >= 11 is 0. The number of rotatable bonds is 4. The molecule has 1 atom stereocenters. The Balaban J connectivity index is 2.12. The molecule has 1 aromatic carbocycles. The number of hydrogen-bond donors (Lipinski definition) is 2. The van der Waals surface area contributed by atoms with Gasteiger partial charge >= 0.3 is 0 Å². The van der Waals surface area contributed by atoms with Gasteiger partial charge in [-0.3, -0.25) is 4.79 Å². The second-order valence-corrected chi connectivity index (χ2v) is 4.47. The molecule has 0 spiro atoms. The van der Waals surface area contributed by atoms with Crippen LogP contribution in [0.25, 0.3) is 11.1 Å². The molecule has 1 amide bonds. The zero-order valence-electron chi connectivity index (χ0n) is 10.6. The van der Waals surface area contributed by atoms with Gasteiger partial charge in [0.1, 0.15) is 5.52 Å². The molecule has 0 bridgehead atoms. The molecule has 3 N–H and O–H groups in total. The summed E-state index contributed by atoms with van der Waals surface area (Å²) in [4.78, 5) is 16.1. The van der Waals surface area contributed by atoms with E-state index in [1.807, 2.05) is 6.92 Å². The predicted octanol–water partition coefficient (Wildman–Crippen LogP) is 1.46. The number of aryl methyl sites for hydroxylation is 1. The molecule has 96 valence electrons. The van der Waals surface area contributed by atoms with Crippen molar-refractivity contribution in [2.24, 2.45) is 11.7 Å². The smallest absolute Gasteiger partial charge is 0.251 e. The minimum absolute atomic E-state index is 0.119. The third kappa shape index (κ3) is 2.68. The SMILES string of the molecule is Cc1nc2ccc(C(=O)NCC(C)CN)cc2o1. The highest BCUT2D eigenvalue weighted by Crippen LogP contribution is 2.16. The number of nitrogens with one attached hydrogen (secondary N) is 1. The average Bonchev–Trinajstić information content (AvgIpc) is 2.74. The second-order valence-electron chi connectivity index (χ2n) is 4.47. The molecule has 1 aromatic heterocycles. The van der Waals surface area contributed by atoms with E-state index in [0.29, 0.717) is 30.1 Å². The van der Waals surface area contributed by atoms with Gasteiger partial charge in [0, 0.05) is 19.0 Å². The van der Waals surface area contributed by atoms with Crippen LogP contribution < -0.4 is 11.1 Å². The number of benzene rings is 1. The van der Waals surface area contributed by atoms with Gasteiger partial charge in [-0.1, -0.05) is 6.92 Å². The van der Waals surface area contributed by atoms with Crippen LogP contribution in [-0.2, 0) is 0 Å². The van der Waals surface area contributed by atoms with Crippen molar-refractivity contribution in [2.75, 3.05) is 13.1 Å². The fourth-order valence-electron chi connectivity index (χ4n) is 1.63. The molecule has 18 heavy (non-hydrogen) atoms. The van der Waals surface area contributed by atoms with E-state index < -0.39 is 0 Å². The minimum Gasteiger partial charge on any atom is -0.441 e. The molecule has 5 heteroatoms. The number of fused-ring (bicyclic) bond motifs is 1. The number of oxazole rings is 1. The molecule has 0 fully saturated rings. The van der Waals surface area contributed by atoms with Crippen LogP contribution in [0.2, 0.25) is 0 Å². The first-order valence-corrected chi connectivity index (χ1v) is 5.95. The fourth-order valence-corrected chi connectivity index (χ4v) is 1.63. The van der Waals surface area contributed by atoms with Crippen LogP contribution >= 0.6 is 0 Å². The van der Waals surface area contributed by atoms with E-state index >= 15 is 0 Å². The first kappa shape index (κ1) is 12.6. The van der Waals surface area contributed by atoms with Crippen molar-refractivity contribution in [3.8, 4) is 0 Å². The highest BCUT2D eigenvalue weighted by Gasteiger charge is 2.10. The lowest BCUT2D eigenvalue weighted by atomic mass is 10.1. The molecule has 5 nitrogen and oxygen atoms in total. The lowest BCUT2D eigenvalue weighted by Gasteiger charge is -2.09. The predicted molar refractivity (Wildman–Crippen MR) is 69.3 cm³/mol. The molecule has 0 aliphatic rings. The zero-order valence-corrected chi connectivity index (χ0v) is 10.6. The van der Waals surface area contributed by atoms with Crippen LogP contribution in [0.3, 0.4) is 0 Å². The van der Waals surface area contributed by atoms with Gasteiger partial charge in [-0.05, 0) is 30.7 Å². The van der Waals surface area contributed by atoms with Crippen LogP contribution in [0.5, 0.6) is 0 Å². The molecule has 0 saturated heterocycles. The Morgan fingerprint density at radius 3 is 3.06 bits per heavy atom. The van der Waals surface area contributed by atoms with Gasteiger partial charge in [0.25, 0.3) is 5.91 Å². The van der Waals surface area contributed by atoms with Crippen LogP contribution in [-0.4, -0.2) is 24.0 Å². The summed E-state index contributed by atoms with van der Waals surface area (Å²) in [5.41, 5.74) is 7.47. The molecule has 2 rings (SSSR count). The lowest BCUT2D eigenvalue weighted by Crippen LogP contribution is -2.31. The molecular weight excluding hydrogens is 230 g/mol. The van der Waals surface area contributed by atoms with Crippen molar-refractivity contribution in [2.45, 2.75) is 13.8 Å². The first-order valence-electron chi connectivity index (χ1n) is 5.95. The number of nitrogens with two attached hydrogens (primary N) is 1. The number of aromatic nitrogens is 1. The summed E-state index contributed by atoms with van der Waals surface area (Å²) in [7, 11) is 0. The van der Waals surface area contributed by atoms with Crippen molar-refractivity contribution < 1.29 is 9.21 Å². The number of amides is 1. The largest absolute Gasteiger partial charge is 0.441 e. The molecule has 0 aliphatic heterocycles. The van der Waals surface area contributed by atoms with Crippen molar-refractivity contribution in [3.05, 3.63) is 29.7 Å². The standard InChI is InChI=1S/C13H17N3O2/c1-8(6-14)7-15-13(17)10-3-4-11-12(5-10)18-9(2)16-11/h3-5,8H,6-7,14H2,1-2H3,(H,15,17). The lowest BCUT2D eigenvalue weighted by molar-refractivity contribution is 0.0948. The van der Waals surface area contributed by atoms with Crippen molar-refractivity contribution in [3.63, 3.8) is 0 Å². The molecule has 1 heterocycles. The third-order valence-corrected chi connectivity index (χ3v) is 2.77. The molecule has 2 aromatic rings. The molecular formula is C13H17N3O2. The Morgan fingerprint density at radius 1 is 1.56 bits per heavy atom. The second kappa shape index (κ2) is 5.18. The first-order chi connectivity index (χ1) is 8.60. The maximum absolute atomic E-state index is 11.9. The highest BCUT2D eigenvalue weighted by atomic mass is 16.3. The van der Waals surface area contributed by atoms with Crippen LogP contribution in [0.15, 0.2) is 22.6 Å². The zero-order chi connectivity index (χ0) is 13.1. The summed E-state index contributed by atoms with van der Waals surface area (Å²) in [5, 5.41) is 2.84. The maximum Gasteiger partial charge on any atom is 0.251 e. The van der Waals surface area contributed by atoms with Gasteiger partial charge in [0.15, 0.2) is 11.5 Å². The Morgan fingerprint density at radius 2 is 2.33 bits per heavy atom. The number of carbonyl (C=O) groups excluding carboxylic acids is 1. The molecule has 0 aliphatic carbocycles. The van der Waals surface area contributed by atoms with Gasteiger partial charge in [-0.2, -0.15) is 0 Å². The number of nitrogens with zero attached hydrogens (tertiary/aromatic N) is 1. The summed E-state index contributed by atoms with van der Waals surface area (Å²) in [5.74, 6) is 0.746. The van der Waals surface area contributed by atoms with E-state index in [-0.39, 0.29) is 11.8 Å². The highest BCUT2D eigenvalue weighted by molar-refractivity contribution is 5.96. The molecule has 0 radical (unpaired) electrons. The van der Waals surface area contributed by atoms with Gasteiger partial charge in [0.05, 0.1) is 0 Å². The third-order valence-electron chi connectivity index (χ3n) is 2.77. The molecule has 0 saturated carbocycles. The van der Waals surface area contributed by atoms with Crippen molar-refractivity contribution in [1.82, 2.24) is 10.3 Å².